The third kappa shape index (κ3) is 1.76. The number of carbonyl (C=O) groups excluding carboxylic acids is 1. The molecule has 0 spiro atoms. The molecule has 0 aromatic heterocycles. The standard InChI is InChI=1S/C13H13NO/c14-8-7-11-6-5-10-3-1-2-4-12(10)13(11)9-15/h1-6,9H,7-8,14H2. The van der Waals surface area contributed by atoms with Gasteiger partial charge in [0.15, 0.2) is 6.29 Å². The molecule has 0 fully saturated rings. The summed E-state index contributed by atoms with van der Waals surface area (Å²) in [7, 11) is 0. The molecule has 2 N–H and O–H groups in total. The SMILES string of the molecule is NCCc1ccc2ccccc2c1C=O. The minimum absolute atomic E-state index is 0.569. The van der Waals surface area contributed by atoms with E-state index in [1.54, 1.807) is 0 Å². The van der Waals surface area contributed by atoms with Crippen molar-refractivity contribution in [1.29, 1.82) is 0 Å². The maximum absolute atomic E-state index is 11.1. The fourth-order valence-corrected chi connectivity index (χ4v) is 1.85. The number of hydrogen-bond donors (Lipinski definition) is 1. The average molecular weight is 199 g/mol. The second-order valence-corrected chi connectivity index (χ2v) is 3.52. The quantitative estimate of drug-likeness (QED) is 0.770. The Balaban J connectivity index is 2.69. The number of rotatable bonds is 3. The van der Waals surface area contributed by atoms with E-state index in [0.29, 0.717) is 6.54 Å². The number of aldehydes is 1. The molecule has 0 amide bonds. The zero-order valence-electron chi connectivity index (χ0n) is 8.44. The van der Waals surface area contributed by atoms with Gasteiger partial charge in [-0.15, -0.1) is 0 Å². The molecule has 0 aliphatic rings. The minimum Gasteiger partial charge on any atom is -0.330 e. The van der Waals surface area contributed by atoms with E-state index >= 15 is 0 Å². The van der Waals surface area contributed by atoms with Gasteiger partial charge in [0.05, 0.1) is 0 Å². The van der Waals surface area contributed by atoms with Crippen LogP contribution in [0.25, 0.3) is 10.8 Å². The Labute approximate surface area is 88.7 Å². The highest BCUT2D eigenvalue weighted by atomic mass is 16.1. The van der Waals surface area contributed by atoms with Crippen molar-refractivity contribution in [2.24, 2.45) is 5.73 Å². The van der Waals surface area contributed by atoms with E-state index in [2.05, 4.69) is 0 Å². The van der Waals surface area contributed by atoms with E-state index < -0.39 is 0 Å². The molecule has 2 aromatic carbocycles. The van der Waals surface area contributed by atoms with Gasteiger partial charge >= 0.3 is 0 Å². The largest absolute Gasteiger partial charge is 0.330 e. The molecule has 0 radical (unpaired) electrons. The van der Waals surface area contributed by atoms with Gasteiger partial charge in [0, 0.05) is 5.56 Å². The lowest BCUT2D eigenvalue weighted by molar-refractivity contribution is 0.112. The summed E-state index contributed by atoms with van der Waals surface area (Å²) in [6.45, 7) is 0.569. The van der Waals surface area contributed by atoms with Gasteiger partial charge < -0.3 is 5.73 Å². The summed E-state index contributed by atoms with van der Waals surface area (Å²) in [4.78, 5) is 11.1. The van der Waals surface area contributed by atoms with Gasteiger partial charge in [-0.25, -0.2) is 0 Å². The fourth-order valence-electron chi connectivity index (χ4n) is 1.85. The van der Waals surface area contributed by atoms with Gasteiger partial charge in [0.1, 0.15) is 0 Å². The summed E-state index contributed by atoms with van der Waals surface area (Å²) >= 11 is 0. The first kappa shape index (κ1) is 9.87. The summed E-state index contributed by atoms with van der Waals surface area (Å²) in [5, 5.41) is 2.11. The van der Waals surface area contributed by atoms with Crippen molar-refractivity contribution in [3.8, 4) is 0 Å². The third-order valence-electron chi connectivity index (χ3n) is 2.59. The van der Waals surface area contributed by atoms with Crippen LogP contribution in [0.1, 0.15) is 15.9 Å². The molecule has 2 heteroatoms. The van der Waals surface area contributed by atoms with Crippen molar-refractivity contribution in [2.75, 3.05) is 6.54 Å². The Morgan fingerprint density at radius 3 is 2.67 bits per heavy atom. The Morgan fingerprint density at radius 2 is 1.93 bits per heavy atom. The number of fused-ring (bicyclic) bond motifs is 1. The summed E-state index contributed by atoms with van der Waals surface area (Å²) in [6, 6.07) is 11.9. The maximum Gasteiger partial charge on any atom is 0.150 e. The van der Waals surface area contributed by atoms with Gasteiger partial charge in [-0.2, -0.15) is 0 Å². The van der Waals surface area contributed by atoms with Crippen LogP contribution < -0.4 is 5.73 Å². The summed E-state index contributed by atoms with van der Waals surface area (Å²) < 4.78 is 0. The predicted molar refractivity (Wildman–Crippen MR) is 62.1 cm³/mol. The third-order valence-corrected chi connectivity index (χ3v) is 2.59. The van der Waals surface area contributed by atoms with Crippen molar-refractivity contribution < 1.29 is 4.79 Å². The zero-order chi connectivity index (χ0) is 10.7. The van der Waals surface area contributed by atoms with Crippen LogP contribution in [0.5, 0.6) is 0 Å². The Hall–Kier alpha value is -1.67. The van der Waals surface area contributed by atoms with Gasteiger partial charge in [0.25, 0.3) is 0 Å². The molecule has 2 aromatic rings. The van der Waals surface area contributed by atoms with E-state index in [0.717, 1.165) is 34.6 Å². The second kappa shape index (κ2) is 4.24. The van der Waals surface area contributed by atoms with E-state index in [4.69, 9.17) is 5.73 Å². The van der Waals surface area contributed by atoms with Crippen molar-refractivity contribution >= 4 is 17.1 Å². The zero-order valence-corrected chi connectivity index (χ0v) is 8.44. The molecular formula is C13H13NO. The van der Waals surface area contributed by atoms with Crippen LogP contribution in [0.3, 0.4) is 0 Å². The Bertz CT molecular complexity index is 491. The number of carbonyl (C=O) groups is 1. The van der Waals surface area contributed by atoms with E-state index in [1.807, 2.05) is 36.4 Å². The van der Waals surface area contributed by atoms with Crippen LogP contribution in [-0.4, -0.2) is 12.8 Å². The van der Waals surface area contributed by atoms with E-state index in [9.17, 15) is 4.79 Å². The Morgan fingerprint density at radius 1 is 1.13 bits per heavy atom. The lowest BCUT2D eigenvalue weighted by atomic mass is 9.98. The molecule has 2 rings (SSSR count). The Kier molecular flexibility index (Phi) is 2.79. The minimum atomic E-state index is 0.569. The predicted octanol–water partition coefficient (Wildman–Crippen LogP) is 2.15. The molecule has 0 aliphatic heterocycles. The van der Waals surface area contributed by atoms with Gasteiger partial charge in [-0.05, 0) is 29.3 Å². The van der Waals surface area contributed by atoms with Crippen LogP contribution >= 0.6 is 0 Å². The fraction of sp³-hybridized carbons (Fsp3) is 0.154. The van der Waals surface area contributed by atoms with E-state index in [-0.39, 0.29) is 0 Å². The summed E-state index contributed by atoms with van der Waals surface area (Å²) in [6.07, 6.45) is 1.67. The molecule has 0 heterocycles. The highest BCUT2D eigenvalue weighted by Gasteiger charge is 2.05. The van der Waals surface area contributed by atoms with Crippen molar-refractivity contribution in [3.63, 3.8) is 0 Å². The molecule has 0 unspecified atom stereocenters. The first-order chi connectivity index (χ1) is 7.36. The molecule has 76 valence electrons. The number of nitrogens with two attached hydrogens (primary N) is 1. The van der Waals surface area contributed by atoms with Crippen molar-refractivity contribution in [3.05, 3.63) is 47.5 Å². The lowest BCUT2D eigenvalue weighted by Crippen LogP contribution is -2.05. The van der Waals surface area contributed by atoms with Crippen LogP contribution in [0, 0.1) is 0 Å². The molecular weight excluding hydrogens is 186 g/mol. The highest BCUT2D eigenvalue weighted by molar-refractivity contribution is 5.99. The van der Waals surface area contributed by atoms with Crippen molar-refractivity contribution in [1.82, 2.24) is 0 Å². The highest BCUT2D eigenvalue weighted by Crippen LogP contribution is 2.21. The molecule has 2 nitrogen and oxygen atoms in total. The second-order valence-electron chi connectivity index (χ2n) is 3.52. The lowest BCUT2D eigenvalue weighted by Gasteiger charge is -2.06. The first-order valence-electron chi connectivity index (χ1n) is 5.02. The summed E-state index contributed by atoms with van der Waals surface area (Å²) in [5.74, 6) is 0. The normalized spacial score (nSPS) is 10.5. The van der Waals surface area contributed by atoms with Gasteiger partial charge in [-0.3, -0.25) is 4.79 Å². The average Bonchev–Trinajstić information content (AvgIpc) is 2.29. The number of benzene rings is 2. The molecule has 0 saturated carbocycles. The van der Waals surface area contributed by atoms with Crippen LogP contribution in [0.15, 0.2) is 36.4 Å². The summed E-state index contributed by atoms with van der Waals surface area (Å²) in [5.41, 5.74) is 7.32. The van der Waals surface area contributed by atoms with Crippen LogP contribution in [0.2, 0.25) is 0 Å². The topological polar surface area (TPSA) is 43.1 Å². The monoisotopic (exact) mass is 199 g/mol. The van der Waals surface area contributed by atoms with Gasteiger partial charge in [0.2, 0.25) is 0 Å². The molecule has 0 atom stereocenters. The molecule has 15 heavy (non-hydrogen) atoms. The molecule has 0 saturated heterocycles. The molecule has 0 bridgehead atoms. The number of hydrogen-bond acceptors (Lipinski definition) is 2. The smallest absolute Gasteiger partial charge is 0.150 e. The molecule has 0 aliphatic carbocycles. The maximum atomic E-state index is 11.1. The first-order valence-corrected chi connectivity index (χ1v) is 5.02. The van der Waals surface area contributed by atoms with E-state index in [1.165, 1.54) is 0 Å². The van der Waals surface area contributed by atoms with Gasteiger partial charge in [-0.1, -0.05) is 36.4 Å². The van der Waals surface area contributed by atoms with Crippen LogP contribution in [-0.2, 0) is 6.42 Å². The van der Waals surface area contributed by atoms with Crippen molar-refractivity contribution in [2.45, 2.75) is 6.42 Å². The van der Waals surface area contributed by atoms with Crippen LogP contribution in [0.4, 0.5) is 0 Å².